The van der Waals surface area contributed by atoms with Gasteiger partial charge in [-0.15, -0.1) is 0 Å². The van der Waals surface area contributed by atoms with Crippen molar-refractivity contribution in [2.75, 3.05) is 13.1 Å². The average Bonchev–Trinajstić information content (AvgIpc) is 3.17. The van der Waals surface area contributed by atoms with Crippen LogP contribution in [0, 0.1) is 5.82 Å². The molecular weight excluding hydrogens is 429 g/mol. The fraction of sp³-hybridized carbons (Fsp3) is 0.500. The van der Waals surface area contributed by atoms with Crippen LogP contribution in [-0.4, -0.2) is 39.7 Å². The number of hydrogen-bond donors (Lipinski definition) is 1. The first-order valence-corrected chi connectivity index (χ1v) is 12.4. The van der Waals surface area contributed by atoms with Gasteiger partial charge in [-0.1, -0.05) is 26.8 Å². The van der Waals surface area contributed by atoms with Crippen LogP contribution in [0.15, 0.2) is 30.5 Å². The quantitative estimate of drug-likeness (QED) is 0.444. The number of amides is 1. The zero-order valence-electron chi connectivity index (χ0n) is 21.2. The lowest BCUT2D eigenvalue weighted by molar-refractivity contribution is 0.0205. The van der Waals surface area contributed by atoms with E-state index in [2.05, 4.69) is 42.0 Å². The number of likely N-dealkylation sites (tertiary alicyclic amines) is 1. The van der Waals surface area contributed by atoms with Gasteiger partial charge in [-0.05, 0) is 81.2 Å². The molecule has 0 spiro atoms. The number of aromatic nitrogens is 2. The number of rotatable bonds is 4. The summed E-state index contributed by atoms with van der Waals surface area (Å²) in [6, 6.07) is 8.40. The number of ether oxygens (including phenoxy) is 1. The smallest absolute Gasteiger partial charge is 0.410 e. The molecule has 6 heteroatoms. The summed E-state index contributed by atoms with van der Waals surface area (Å²) in [5.74, 6) is 0.303. The number of aryl methyl sites for hydroxylation is 1. The van der Waals surface area contributed by atoms with E-state index in [4.69, 9.17) is 4.74 Å². The lowest BCUT2D eigenvalue weighted by Crippen LogP contribution is -2.41. The third kappa shape index (κ3) is 4.96. The number of H-pyrrole nitrogens is 1. The Morgan fingerprint density at radius 3 is 2.56 bits per heavy atom. The molecule has 0 atom stereocenters. The Morgan fingerprint density at radius 1 is 1.24 bits per heavy atom. The Balaban J connectivity index is 1.63. The van der Waals surface area contributed by atoms with E-state index in [0.29, 0.717) is 24.6 Å². The van der Waals surface area contributed by atoms with Crippen LogP contribution < -0.4 is 0 Å². The molecule has 1 fully saturated rings. The lowest BCUT2D eigenvalue weighted by atomic mass is 9.87. The van der Waals surface area contributed by atoms with Gasteiger partial charge in [0.1, 0.15) is 5.60 Å². The van der Waals surface area contributed by atoms with E-state index in [1.165, 1.54) is 11.8 Å². The van der Waals surface area contributed by atoms with Gasteiger partial charge >= 0.3 is 6.09 Å². The number of aromatic amines is 1. The second-order valence-corrected chi connectivity index (χ2v) is 10.6. The molecule has 1 aliphatic rings. The summed E-state index contributed by atoms with van der Waals surface area (Å²) in [7, 11) is 0. The predicted molar refractivity (Wildman–Crippen MR) is 135 cm³/mol. The van der Waals surface area contributed by atoms with Crippen molar-refractivity contribution in [3.63, 3.8) is 0 Å². The summed E-state index contributed by atoms with van der Waals surface area (Å²) < 4.78 is 20.4. The van der Waals surface area contributed by atoms with Gasteiger partial charge in [0.2, 0.25) is 0 Å². The normalized spacial score (nSPS) is 15.4. The maximum atomic E-state index is 14.8. The molecule has 1 N–H and O–H groups in total. The fourth-order valence-corrected chi connectivity index (χ4v) is 4.89. The molecule has 1 saturated heterocycles. The molecule has 1 aromatic carbocycles. The molecule has 1 aliphatic heterocycles. The standard InChI is InChI=1S/C28H36FN3O2/c1-7-20-15-21(23(29)16-30-20)26-25(17(2)3)22-14-19(8-9-24(22)31-26)18-10-12-32(13-11-18)27(33)34-28(4,5)6/h8-9,14-18,31H,7,10-13H2,1-6H3. The van der Waals surface area contributed by atoms with E-state index in [1.807, 2.05) is 38.7 Å². The van der Waals surface area contributed by atoms with E-state index in [-0.39, 0.29) is 17.8 Å². The lowest BCUT2D eigenvalue weighted by Gasteiger charge is -2.33. The topological polar surface area (TPSA) is 58.2 Å². The maximum Gasteiger partial charge on any atom is 0.410 e. The number of piperidine rings is 1. The predicted octanol–water partition coefficient (Wildman–Crippen LogP) is 7.17. The van der Waals surface area contributed by atoms with Crippen molar-refractivity contribution in [2.24, 2.45) is 0 Å². The summed E-state index contributed by atoms with van der Waals surface area (Å²) >= 11 is 0. The number of hydrogen-bond acceptors (Lipinski definition) is 3. The van der Waals surface area contributed by atoms with E-state index >= 15 is 0 Å². The molecule has 34 heavy (non-hydrogen) atoms. The first-order valence-electron chi connectivity index (χ1n) is 12.4. The highest BCUT2D eigenvalue weighted by Gasteiger charge is 2.28. The Labute approximate surface area is 201 Å². The van der Waals surface area contributed by atoms with Crippen LogP contribution >= 0.6 is 0 Å². The molecule has 0 radical (unpaired) electrons. The van der Waals surface area contributed by atoms with Crippen molar-refractivity contribution in [3.05, 3.63) is 53.1 Å². The SMILES string of the molecule is CCc1cc(-c2[nH]c3ccc(C4CCN(C(=O)OC(C)(C)C)CC4)cc3c2C(C)C)c(F)cn1. The molecule has 182 valence electrons. The number of fused-ring (bicyclic) bond motifs is 1. The van der Waals surface area contributed by atoms with Gasteiger partial charge in [0.05, 0.1) is 11.9 Å². The zero-order chi connectivity index (χ0) is 24.6. The van der Waals surface area contributed by atoms with E-state index in [1.54, 1.807) is 0 Å². The molecular formula is C28H36FN3O2. The Hall–Kier alpha value is -2.89. The third-order valence-corrected chi connectivity index (χ3v) is 6.60. The second kappa shape index (κ2) is 9.40. The van der Waals surface area contributed by atoms with Crippen LogP contribution in [0.25, 0.3) is 22.2 Å². The molecule has 0 unspecified atom stereocenters. The molecule has 0 saturated carbocycles. The van der Waals surface area contributed by atoms with Crippen LogP contribution in [0.3, 0.4) is 0 Å². The van der Waals surface area contributed by atoms with Gasteiger partial charge in [-0.3, -0.25) is 4.98 Å². The largest absolute Gasteiger partial charge is 0.444 e. The number of benzene rings is 1. The Bertz CT molecular complexity index is 1180. The molecule has 1 amide bonds. The molecule has 4 rings (SSSR count). The van der Waals surface area contributed by atoms with Crippen molar-refractivity contribution in [3.8, 4) is 11.3 Å². The van der Waals surface area contributed by atoms with Gasteiger partial charge in [0, 0.05) is 35.2 Å². The Morgan fingerprint density at radius 2 is 1.94 bits per heavy atom. The summed E-state index contributed by atoms with van der Waals surface area (Å²) in [4.78, 5) is 21.9. The van der Waals surface area contributed by atoms with E-state index in [0.717, 1.165) is 47.1 Å². The summed E-state index contributed by atoms with van der Waals surface area (Å²) in [6.07, 6.45) is 3.66. The minimum absolute atomic E-state index is 0.227. The van der Waals surface area contributed by atoms with E-state index in [9.17, 15) is 9.18 Å². The molecule has 3 heterocycles. The van der Waals surface area contributed by atoms with Crippen molar-refractivity contribution in [2.45, 2.75) is 78.2 Å². The summed E-state index contributed by atoms with van der Waals surface area (Å²) in [5, 5.41) is 1.14. The first-order chi connectivity index (χ1) is 16.1. The summed E-state index contributed by atoms with van der Waals surface area (Å²) in [5.41, 5.74) is 5.24. The summed E-state index contributed by atoms with van der Waals surface area (Å²) in [6.45, 7) is 13.4. The number of carbonyl (C=O) groups excluding carboxylic acids is 1. The van der Waals surface area contributed by atoms with Crippen LogP contribution in [-0.2, 0) is 11.2 Å². The molecule has 5 nitrogen and oxygen atoms in total. The van der Waals surface area contributed by atoms with Crippen molar-refractivity contribution in [1.82, 2.24) is 14.9 Å². The van der Waals surface area contributed by atoms with Crippen molar-refractivity contribution < 1.29 is 13.9 Å². The van der Waals surface area contributed by atoms with Gasteiger partial charge in [-0.25, -0.2) is 9.18 Å². The monoisotopic (exact) mass is 465 g/mol. The number of halogens is 1. The fourth-order valence-electron chi connectivity index (χ4n) is 4.89. The minimum Gasteiger partial charge on any atom is -0.444 e. The third-order valence-electron chi connectivity index (χ3n) is 6.60. The van der Waals surface area contributed by atoms with Gasteiger partial charge < -0.3 is 14.6 Å². The molecule has 3 aromatic rings. The number of pyridine rings is 1. The molecule has 0 bridgehead atoms. The highest BCUT2D eigenvalue weighted by Crippen LogP contribution is 2.39. The van der Waals surface area contributed by atoms with Gasteiger partial charge in [0.15, 0.2) is 5.82 Å². The van der Waals surface area contributed by atoms with Crippen LogP contribution in [0.2, 0.25) is 0 Å². The number of nitrogens with zero attached hydrogens (tertiary/aromatic N) is 2. The zero-order valence-corrected chi connectivity index (χ0v) is 21.2. The Kier molecular flexibility index (Phi) is 6.70. The second-order valence-electron chi connectivity index (χ2n) is 10.6. The van der Waals surface area contributed by atoms with Gasteiger partial charge in [0.25, 0.3) is 0 Å². The van der Waals surface area contributed by atoms with Gasteiger partial charge in [-0.2, -0.15) is 0 Å². The van der Waals surface area contributed by atoms with Crippen LogP contribution in [0.5, 0.6) is 0 Å². The number of nitrogens with one attached hydrogen (secondary N) is 1. The molecule has 2 aromatic heterocycles. The average molecular weight is 466 g/mol. The van der Waals surface area contributed by atoms with Crippen LogP contribution in [0.4, 0.5) is 9.18 Å². The first kappa shape index (κ1) is 24.2. The van der Waals surface area contributed by atoms with Crippen molar-refractivity contribution >= 4 is 17.0 Å². The highest BCUT2D eigenvalue weighted by molar-refractivity contribution is 5.92. The highest BCUT2D eigenvalue weighted by atomic mass is 19.1. The maximum absolute atomic E-state index is 14.8. The number of carbonyl (C=O) groups is 1. The van der Waals surface area contributed by atoms with Crippen LogP contribution in [0.1, 0.15) is 83.0 Å². The van der Waals surface area contributed by atoms with E-state index < -0.39 is 5.60 Å². The molecule has 0 aliphatic carbocycles. The van der Waals surface area contributed by atoms with Crippen molar-refractivity contribution in [1.29, 1.82) is 0 Å². The minimum atomic E-state index is -0.482.